The van der Waals surface area contributed by atoms with Crippen molar-refractivity contribution in [1.82, 2.24) is 0 Å². The van der Waals surface area contributed by atoms with Crippen LogP contribution in [0, 0.1) is 0 Å². The lowest BCUT2D eigenvalue weighted by atomic mass is 10.1. The van der Waals surface area contributed by atoms with Crippen LogP contribution in [0.3, 0.4) is 0 Å². The van der Waals surface area contributed by atoms with Gasteiger partial charge in [-0.1, -0.05) is 32.4 Å². The maximum Gasteiger partial charge on any atom is 0.0547 e. The maximum atomic E-state index is 5.66. The van der Waals surface area contributed by atoms with Crippen LogP contribution in [-0.4, -0.2) is 12.7 Å². The Morgan fingerprint density at radius 1 is 1.14 bits per heavy atom. The van der Waals surface area contributed by atoms with Gasteiger partial charge in [0.15, 0.2) is 0 Å². The minimum absolute atomic E-state index is 0.441. The van der Waals surface area contributed by atoms with Crippen LogP contribution in [0.4, 0.5) is 0 Å². The lowest BCUT2D eigenvalue weighted by Gasteiger charge is -2.11. The number of ether oxygens (including phenoxy) is 1. The molecule has 1 atom stereocenters. The molecule has 0 N–H and O–H groups in total. The first-order valence-corrected chi connectivity index (χ1v) is 6.07. The van der Waals surface area contributed by atoms with Gasteiger partial charge in [-0.3, -0.25) is 0 Å². The summed E-state index contributed by atoms with van der Waals surface area (Å²) >= 11 is 0. The molecule has 0 saturated heterocycles. The molecule has 0 bridgehead atoms. The molecule has 0 radical (unpaired) electrons. The fourth-order valence-corrected chi connectivity index (χ4v) is 1.32. The summed E-state index contributed by atoms with van der Waals surface area (Å²) in [5, 5.41) is 0. The van der Waals surface area contributed by atoms with Gasteiger partial charge in [-0.15, -0.1) is 0 Å². The van der Waals surface area contributed by atoms with Gasteiger partial charge in [-0.25, -0.2) is 0 Å². The Morgan fingerprint density at radius 2 is 1.93 bits per heavy atom. The second kappa shape index (κ2) is 10.8. The fourth-order valence-electron chi connectivity index (χ4n) is 1.32. The van der Waals surface area contributed by atoms with Crippen LogP contribution in [0.2, 0.25) is 0 Å². The Labute approximate surface area is 89.5 Å². The van der Waals surface area contributed by atoms with E-state index in [1.54, 1.807) is 0 Å². The van der Waals surface area contributed by atoms with E-state index in [0.29, 0.717) is 6.10 Å². The lowest BCUT2D eigenvalue weighted by Crippen LogP contribution is -2.08. The predicted molar refractivity (Wildman–Crippen MR) is 63.6 cm³/mol. The summed E-state index contributed by atoms with van der Waals surface area (Å²) < 4.78 is 5.66. The molecule has 0 aromatic heterocycles. The largest absolute Gasteiger partial charge is 0.379 e. The van der Waals surface area contributed by atoms with Crippen molar-refractivity contribution in [2.45, 2.75) is 65.4 Å². The molecular weight excluding hydrogens is 172 g/mol. The van der Waals surface area contributed by atoms with Crippen molar-refractivity contribution in [2.75, 3.05) is 6.61 Å². The van der Waals surface area contributed by atoms with E-state index in [-0.39, 0.29) is 0 Å². The Morgan fingerprint density at radius 3 is 2.57 bits per heavy atom. The van der Waals surface area contributed by atoms with Crippen molar-refractivity contribution in [3.63, 3.8) is 0 Å². The average molecular weight is 198 g/mol. The smallest absolute Gasteiger partial charge is 0.0547 e. The first-order valence-electron chi connectivity index (χ1n) is 6.07. The van der Waals surface area contributed by atoms with E-state index in [4.69, 9.17) is 4.74 Å². The molecule has 1 unspecified atom stereocenters. The van der Waals surface area contributed by atoms with E-state index in [9.17, 15) is 0 Å². The van der Waals surface area contributed by atoms with Crippen LogP contribution in [0.25, 0.3) is 0 Å². The normalized spacial score (nSPS) is 13.6. The number of hydrogen-bond donors (Lipinski definition) is 0. The van der Waals surface area contributed by atoms with Crippen LogP contribution in [0.5, 0.6) is 0 Å². The van der Waals surface area contributed by atoms with Crippen molar-refractivity contribution in [1.29, 1.82) is 0 Å². The minimum atomic E-state index is 0.441. The van der Waals surface area contributed by atoms with Gasteiger partial charge in [0.1, 0.15) is 0 Å². The molecule has 84 valence electrons. The molecule has 0 aromatic rings. The third-order valence-electron chi connectivity index (χ3n) is 2.28. The summed E-state index contributed by atoms with van der Waals surface area (Å²) in [6, 6.07) is 0. The zero-order valence-corrected chi connectivity index (χ0v) is 10.1. The van der Waals surface area contributed by atoms with Gasteiger partial charge >= 0.3 is 0 Å². The number of allylic oxidation sites excluding steroid dienone is 2. The zero-order valence-electron chi connectivity index (χ0n) is 10.1. The summed E-state index contributed by atoms with van der Waals surface area (Å²) in [6.45, 7) is 7.48. The molecule has 0 fully saturated rings. The van der Waals surface area contributed by atoms with Crippen LogP contribution in [0.15, 0.2) is 12.2 Å². The highest BCUT2D eigenvalue weighted by Crippen LogP contribution is 2.06. The Hall–Kier alpha value is -0.300. The quantitative estimate of drug-likeness (QED) is 0.396. The summed E-state index contributed by atoms with van der Waals surface area (Å²) in [4.78, 5) is 0. The Kier molecular flexibility index (Phi) is 10.5. The van der Waals surface area contributed by atoms with Crippen LogP contribution >= 0.6 is 0 Å². The first-order chi connectivity index (χ1) is 6.81. The lowest BCUT2D eigenvalue weighted by molar-refractivity contribution is 0.0572. The molecular formula is C13H26O. The van der Waals surface area contributed by atoms with Crippen molar-refractivity contribution >= 4 is 0 Å². The van der Waals surface area contributed by atoms with E-state index in [1.165, 1.54) is 32.1 Å². The zero-order chi connectivity index (χ0) is 10.6. The van der Waals surface area contributed by atoms with Crippen molar-refractivity contribution in [2.24, 2.45) is 0 Å². The summed E-state index contributed by atoms with van der Waals surface area (Å²) in [6.07, 6.45) is 12.2. The van der Waals surface area contributed by atoms with Gasteiger partial charge in [0.2, 0.25) is 0 Å². The Balaban J connectivity index is 3.17. The molecule has 0 spiro atoms. The third kappa shape index (κ3) is 9.79. The van der Waals surface area contributed by atoms with Gasteiger partial charge in [-0.2, -0.15) is 0 Å². The third-order valence-corrected chi connectivity index (χ3v) is 2.28. The highest BCUT2D eigenvalue weighted by Gasteiger charge is 1.99. The van der Waals surface area contributed by atoms with Gasteiger partial charge in [-0.05, 0) is 39.0 Å². The standard InChI is InChI=1S/C13H26O/c1-4-6-8-9-10-11-13(3)14-12-7-5-2/h6,8,13H,4-5,7,9-12H2,1-3H3/b8-6+. The molecule has 1 heteroatoms. The van der Waals surface area contributed by atoms with E-state index in [1.807, 2.05) is 0 Å². The Bertz CT molecular complexity index is 129. The monoisotopic (exact) mass is 198 g/mol. The topological polar surface area (TPSA) is 9.23 Å². The van der Waals surface area contributed by atoms with E-state index < -0.39 is 0 Å². The molecule has 0 amide bonds. The average Bonchev–Trinajstić information content (AvgIpc) is 2.18. The van der Waals surface area contributed by atoms with Crippen molar-refractivity contribution in [3.8, 4) is 0 Å². The fraction of sp³-hybridized carbons (Fsp3) is 0.846. The molecule has 0 aliphatic heterocycles. The molecule has 14 heavy (non-hydrogen) atoms. The summed E-state index contributed by atoms with van der Waals surface area (Å²) in [5.41, 5.74) is 0. The van der Waals surface area contributed by atoms with E-state index in [0.717, 1.165) is 13.0 Å². The first kappa shape index (κ1) is 13.7. The molecule has 0 rings (SSSR count). The molecule has 0 aliphatic carbocycles. The number of hydrogen-bond acceptors (Lipinski definition) is 1. The maximum absolute atomic E-state index is 5.66. The minimum Gasteiger partial charge on any atom is -0.379 e. The van der Waals surface area contributed by atoms with Gasteiger partial charge in [0.25, 0.3) is 0 Å². The predicted octanol–water partition coefficient (Wildman–Crippen LogP) is 4.33. The molecule has 0 aromatic carbocycles. The van der Waals surface area contributed by atoms with Crippen LogP contribution in [-0.2, 0) is 4.74 Å². The van der Waals surface area contributed by atoms with Crippen molar-refractivity contribution in [3.05, 3.63) is 12.2 Å². The highest BCUT2D eigenvalue weighted by molar-refractivity contribution is 4.79. The number of unbranched alkanes of at least 4 members (excludes halogenated alkanes) is 2. The molecule has 0 heterocycles. The summed E-state index contributed by atoms with van der Waals surface area (Å²) in [5.74, 6) is 0. The van der Waals surface area contributed by atoms with Crippen molar-refractivity contribution < 1.29 is 4.74 Å². The second-order valence-corrected chi connectivity index (χ2v) is 3.85. The van der Waals surface area contributed by atoms with E-state index in [2.05, 4.69) is 32.9 Å². The van der Waals surface area contributed by atoms with Crippen LogP contribution < -0.4 is 0 Å². The van der Waals surface area contributed by atoms with Gasteiger partial charge < -0.3 is 4.74 Å². The summed E-state index contributed by atoms with van der Waals surface area (Å²) in [7, 11) is 0. The molecule has 1 nitrogen and oxygen atoms in total. The van der Waals surface area contributed by atoms with Gasteiger partial charge in [0, 0.05) is 6.61 Å². The molecule has 0 saturated carbocycles. The highest BCUT2D eigenvalue weighted by atomic mass is 16.5. The SMILES string of the molecule is CC/C=C/CCCC(C)OCCCC. The molecule has 0 aliphatic rings. The van der Waals surface area contributed by atoms with E-state index >= 15 is 0 Å². The van der Waals surface area contributed by atoms with Gasteiger partial charge in [0.05, 0.1) is 6.10 Å². The number of rotatable bonds is 9. The van der Waals surface area contributed by atoms with Crippen LogP contribution in [0.1, 0.15) is 59.3 Å². The second-order valence-electron chi connectivity index (χ2n) is 3.85.